The van der Waals surface area contributed by atoms with E-state index < -0.39 is 20.8 Å². The van der Waals surface area contributed by atoms with Gasteiger partial charge in [-0.05, 0) is 16.8 Å². The molecule has 0 amide bonds. The summed E-state index contributed by atoms with van der Waals surface area (Å²) in [6.07, 6.45) is 0. The maximum atomic E-state index is 10.9. The van der Waals surface area contributed by atoms with E-state index in [4.69, 9.17) is 4.55 Å². The van der Waals surface area contributed by atoms with Crippen LogP contribution in [-0.2, 0) is 10.1 Å². The summed E-state index contributed by atoms with van der Waals surface area (Å²) >= 11 is 0. The molecule has 0 bridgehead atoms. The second-order valence-electron chi connectivity index (χ2n) is 3.05. The number of hydrogen-bond donors (Lipinski definition) is 2. The Morgan fingerprint density at radius 2 is 1.87 bits per heavy atom. The van der Waals surface area contributed by atoms with Gasteiger partial charge in [0.05, 0.1) is 0 Å². The molecule has 0 aliphatic rings. The first-order valence-corrected chi connectivity index (χ1v) is 5.54. The summed E-state index contributed by atoms with van der Waals surface area (Å²) in [5.74, 6) is -0.504. The standard InChI is InChI=1S/C10H7O4S/c11-9-5-7-3-1-2-4-8(7)6-10(9)15(12,13)14/h1-5,11H,(H,12,13,14). The van der Waals surface area contributed by atoms with Crippen molar-refractivity contribution in [2.75, 3.05) is 0 Å². The molecule has 2 N–H and O–H groups in total. The number of phenolic OH excluding ortho intramolecular Hbond substituents is 1. The highest BCUT2D eigenvalue weighted by molar-refractivity contribution is 7.86. The van der Waals surface area contributed by atoms with Crippen LogP contribution in [0.5, 0.6) is 5.75 Å². The Bertz CT molecular complexity index is 616. The Morgan fingerprint density at radius 1 is 1.20 bits per heavy atom. The van der Waals surface area contributed by atoms with E-state index in [1.54, 1.807) is 24.3 Å². The van der Waals surface area contributed by atoms with Crippen LogP contribution in [0.4, 0.5) is 0 Å². The molecule has 2 rings (SSSR count). The van der Waals surface area contributed by atoms with E-state index in [1.165, 1.54) is 6.07 Å². The lowest BCUT2D eigenvalue weighted by Gasteiger charge is -2.03. The monoisotopic (exact) mass is 223 g/mol. The molecule has 0 saturated heterocycles. The zero-order chi connectivity index (χ0) is 11.1. The third-order valence-corrected chi connectivity index (χ3v) is 2.82. The van der Waals surface area contributed by atoms with E-state index in [1.807, 2.05) is 0 Å². The van der Waals surface area contributed by atoms with Gasteiger partial charge in [-0.25, -0.2) is 0 Å². The zero-order valence-corrected chi connectivity index (χ0v) is 8.32. The smallest absolute Gasteiger partial charge is 0.298 e. The number of benzene rings is 2. The molecule has 0 unspecified atom stereocenters. The largest absolute Gasteiger partial charge is 0.506 e. The van der Waals surface area contributed by atoms with E-state index in [0.717, 1.165) is 0 Å². The van der Waals surface area contributed by atoms with Gasteiger partial charge in [-0.15, -0.1) is 0 Å². The van der Waals surface area contributed by atoms with Crippen LogP contribution in [-0.4, -0.2) is 18.1 Å². The first-order chi connectivity index (χ1) is 6.98. The normalized spacial score (nSPS) is 11.8. The van der Waals surface area contributed by atoms with Gasteiger partial charge in [-0.3, -0.25) is 4.55 Å². The first kappa shape index (κ1) is 9.95. The van der Waals surface area contributed by atoms with Gasteiger partial charge in [0.25, 0.3) is 10.1 Å². The fourth-order valence-corrected chi connectivity index (χ4v) is 1.89. The molecule has 0 aliphatic heterocycles. The fourth-order valence-electron chi connectivity index (χ4n) is 1.33. The summed E-state index contributed by atoms with van der Waals surface area (Å²) in [7, 11) is -4.43. The van der Waals surface area contributed by atoms with Crippen LogP contribution in [0.15, 0.2) is 35.2 Å². The molecule has 0 atom stereocenters. The molecule has 0 heterocycles. The Kier molecular flexibility index (Phi) is 2.13. The maximum absolute atomic E-state index is 10.9. The van der Waals surface area contributed by atoms with Crippen molar-refractivity contribution < 1.29 is 18.1 Å². The molecule has 2 aromatic rings. The van der Waals surface area contributed by atoms with Gasteiger partial charge in [-0.2, -0.15) is 8.42 Å². The lowest BCUT2D eigenvalue weighted by atomic mass is 10.1. The van der Waals surface area contributed by atoms with Crippen LogP contribution in [0, 0.1) is 6.07 Å². The molecule has 5 heteroatoms. The highest BCUT2D eigenvalue weighted by Gasteiger charge is 2.16. The second-order valence-corrected chi connectivity index (χ2v) is 4.40. The van der Waals surface area contributed by atoms with Gasteiger partial charge in [0.2, 0.25) is 0 Å². The summed E-state index contributed by atoms with van der Waals surface area (Å²) in [5.41, 5.74) is 0. The Hall–Kier alpha value is -1.59. The lowest BCUT2D eigenvalue weighted by molar-refractivity contribution is 0.444. The van der Waals surface area contributed by atoms with Crippen molar-refractivity contribution in [2.45, 2.75) is 4.90 Å². The number of aromatic hydroxyl groups is 1. The zero-order valence-electron chi connectivity index (χ0n) is 7.51. The van der Waals surface area contributed by atoms with Gasteiger partial charge in [0.15, 0.2) is 0 Å². The van der Waals surface area contributed by atoms with Crippen molar-refractivity contribution >= 4 is 20.9 Å². The molecule has 15 heavy (non-hydrogen) atoms. The van der Waals surface area contributed by atoms with E-state index in [9.17, 15) is 13.5 Å². The minimum Gasteiger partial charge on any atom is -0.506 e. The van der Waals surface area contributed by atoms with Crippen LogP contribution in [0.1, 0.15) is 0 Å². The van der Waals surface area contributed by atoms with Gasteiger partial charge >= 0.3 is 0 Å². The molecule has 0 aromatic heterocycles. The summed E-state index contributed by atoms with van der Waals surface area (Å²) < 4.78 is 30.5. The summed E-state index contributed by atoms with van der Waals surface area (Å²) in [6.45, 7) is 0. The van der Waals surface area contributed by atoms with Crippen LogP contribution in [0.3, 0.4) is 0 Å². The minimum atomic E-state index is -4.43. The Balaban J connectivity index is 2.84. The fraction of sp³-hybridized carbons (Fsp3) is 0. The number of rotatable bonds is 1. The summed E-state index contributed by atoms with van der Waals surface area (Å²) in [6, 6.07) is 10.5. The molecule has 0 fully saturated rings. The second kappa shape index (κ2) is 3.22. The molecule has 4 nitrogen and oxygen atoms in total. The molecule has 1 radical (unpaired) electrons. The Labute approximate surface area is 86.5 Å². The molecule has 2 aromatic carbocycles. The van der Waals surface area contributed by atoms with Crippen LogP contribution >= 0.6 is 0 Å². The molecular formula is C10H7O4S. The topological polar surface area (TPSA) is 74.6 Å². The highest BCUT2D eigenvalue weighted by atomic mass is 32.2. The molecule has 77 valence electrons. The average Bonchev–Trinajstić information content (AvgIpc) is 2.15. The highest BCUT2D eigenvalue weighted by Crippen LogP contribution is 2.27. The predicted molar refractivity (Wildman–Crippen MR) is 54.3 cm³/mol. The average molecular weight is 223 g/mol. The van der Waals surface area contributed by atoms with Gasteiger partial charge in [0, 0.05) is 6.07 Å². The van der Waals surface area contributed by atoms with Gasteiger partial charge in [-0.1, -0.05) is 24.3 Å². The molecule has 0 aliphatic carbocycles. The van der Waals surface area contributed by atoms with Crippen LogP contribution in [0.2, 0.25) is 0 Å². The van der Waals surface area contributed by atoms with E-state index in [0.29, 0.717) is 10.8 Å². The third-order valence-electron chi connectivity index (χ3n) is 1.99. The van der Waals surface area contributed by atoms with Crippen LogP contribution < -0.4 is 0 Å². The lowest BCUT2D eigenvalue weighted by Crippen LogP contribution is -1.98. The van der Waals surface area contributed by atoms with Crippen molar-refractivity contribution in [3.63, 3.8) is 0 Å². The first-order valence-electron chi connectivity index (χ1n) is 4.10. The number of fused-ring (bicyclic) bond motifs is 1. The number of phenols is 1. The minimum absolute atomic E-state index is 0.504. The molecule has 0 spiro atoms. The molecule has 0 saturated carbocycles. The Morgan fingerprint density at radius 3 is 2.53 bits per heavy atom. The van der Waals surface area contributed by atoms with Crippen molar-refractivity contribution in [1.82, 2.24) is 0 Å². The van der Waals surface area contributed by atoms with Gasteiger partial charge < -0.3 is 5.11 Å². The molecular weight excluding hydrogens is 216 g/mol. The van der Waals surface area contributed by atoms with Crippen molar-refractivity contribution in [3.8, 4) is 5.75 Å². The van der Waals surface area contributed by atoms with E-state index in [2.05, 4.69) is 6.07 Å². The maximum Gasteiger partial charge on any atom is 0.298 e. The SMILES string of the molecule is O=S(=O)(O)c1[c]c2ccccc2cc1O. The summed E-state index contributed by atoms with van der Waals surface area (Å²) in [4.78, 5) is -0.596. The van der Waals surface area contributed by atoms with E-state index >= 15 is 0 Å². The van der Waals surface area contributed by atoms with E-state index in [-0.39, 0.29) is 0 Å². The van der Waals surface area contributed by atoms with Crippen molar-refractivity contribution in [1.29, 1.82) is 0 Å². The number of hydrogen-bond acceptors (Lipinski definition) is 3. The van der Waals surface area contributed by atoms with Crippen molar-refractivity contribution in [3.05, 3.63) is 36.4 Å². The third kappa shape index (κ3) is 1.79. The van der Waals surface area contributed by atoms with Crippen molar-refractivity contribution in [2.24, 2.45) is 0 Å². The van der Waals surface area contributed by atoms with Gasteiger partial charge in [0.1, 0.15) is 10.6 Å². The quantitative estimate of drug-likeness (QED) is 0.720. The van der Waals surface area contributed by atoms with Crippen LogP contribution in [0.25, 0.3) is 10.8 Å². The predicted octanol–water partition coefficient (Wildman–Crippen LogP) is 1.59. The summed E-state index contributed by atoms with van der Waals surface area (Å²) in [5, 5.41) is 10.5.